The normalized spacial score (nSPS) is 12.6. The van der Waals surface area contributed by atoms with Crippen molar-refractivity contribution in [2.24, 2.45) is 0 Å². The van der Waals surface area contributed by atoms with Crippen LogP contribution in [0.4, 0.5) is 13.2 Å². The van der Waals surface area contributed by atoms with E-state index in [1.54, 1.807) is 0 Å². The molecule has 4 nitrogen and oxygen atoms in total. The monoisotopic (exact) mass is 405 g/mol. The van der Waals surface area contributed by atoms with E-state index in [2.05, 4.69) is 5.32 Å². The number of hydrogen-bond acceptors (Lipinski definition) is 3. The van der Waals surface area contributed by atoms with Gasteiger partial charge in [0.2, 0.25) is 0 Å². The average Bonchev–Trinajstić information content (AvgIpc) is 2.69. The van der Waals surface area contributed by atoms with Crippen molar-refractivity contribution < 1.29 is 27.5 Å². The first-order valence-electron chi connectivity index (χ1n) is 9.07. The summed E-state index contributed by atoms with van der Waals surface area (Å²) in [6.07, 6.45) is -1.35. The molecule has 29 heavy (non-hydrogen) atoms. The first-order chi connectivity index (χ1) is 13.7. The Bertz CT molecular complexity index is 856. The summed E-state index contributed by atoms with van der Waals surface area (Å²) in [6, 6.07) is 11.9. The van der Waals surface area contributed by atoms with Gasteiger partial charge in [0.25, 0.3) is 5.91 Å². The van der Waals surface area contributed by atoms with Crippen LogP contribution >= 0.6 is 0 Å². The third kappa shape index (κ3) is 7.10. The summed E-state index contributed by atoms with van der Waals surface area (Å²) in [7, 11) is 0. The van der Waals surface area contributed by atoms with E-state index in [4.69, 9.17) is 4.74 Å². The highest BCUT2D eigenvalue weighted by molar-refractivity contribution is 5.89. The van der Waals surface area contributed by atoms with Gasteiger partial charge in [0.1, 0.15) is 0 Å². The van der Waals surface area contributed by atoms with Crippen molar-refractivity contribution in [3.63, 3.8) is 0 Å². The summed E-state index contributed by atoms with van der Waals surface area (Å²) in [5.41, 5.74) is 1.71. The highest BCUT2D eigenvalue weighted by atomic mass is 19.4. The first kappa shape index (κ1) is 22.2. The van der Waals surface area contributed by atoms with Crippen molar-refractivity contribution in [3.05, 3.63) is 76.9 Å². The molecule has 0 heterocycles. The zero-order chi connectivity index (χ0) is 21.4. The Hall–Kier alpha value is -3.09. The van der Waals surface area contributed by atoms with E-state index in [1.165, 1.54) is 18.2 Å². The number of rotatable bonds is 7. The van der Waals surface area contributed by atoms with Crippen molar-refractivity contribution in [1.29, 1.82) is 0 Å². The maximum atomic E-state index is 12.5. The maximum Gasteiger partial charge on any atom is 0.416 e. The summed E-state index contributed by atoms with van der Waals surface area (Å²) in [4.78, 5) is 23.8. The minimum atomic E-state index is -4.41. The summed E-state index contributed by atoms with van der Waals surface area (Å²) < 4.78 is 42.5. The van der Waals surface area contributed by atoms with Gasteiger partial charge in [-0.3, -0.25) is 4.79 Å². The van der Waals surface area contributed by atoms with Gasteiger partial charge in [-0.1, -0.05) is 48.9 Å². The van der Waals surface area contributed by atoms with E-state index in [0.29, 0.717) is 12.0 Å². The van der Waals surface area contributed by atoms with Gasteiger partial charge in [0.05, 0.1) is 11.6 Å². The number of carbonyl (C=O) groups is 2. The molecule has 0 bridgehead atoms. The number of ether oxygens (including phenoxy) is 1. The van der Waals surface area contributed by atoms with Crippen molar-refractivity contribution in [3.8, 4) is 0 Å². The van der Waals surface area contributed by atoms with Crippen LogP contribution in [0.15, 0.2) is 54.6 Å². The number of amides is 1. The Morgan fingerprint density at radius 1 is 1.07 bits per heavy atom. The average molecular weight is 405 g/mol. The van der Waals surface area contributed by atoms with Gasteiger partial charge in [-0.25, -0.2) is 4.79 Å². The van der Waals surface area contributed by atoms with Gasteiger partial charge < -0.3 is 10.1 Å². The summed E-state index contributed by atoms with van der Waals surface area (Å²) in [5, 5.41) is 2.81. The molecule has 0 aliphatic rings. The minimum Gasteiger partial charge on any atom is -0.452 e. The molecule has 0 fully saturated rings. The lowest BCUT2D eigenvalue weighted by atomic mass is 10.0. The molecule has 0 spiro atoms. The Kier molecular flexibility index (Phi) is 7.59. The number of aryl methyl sites for hydroxylation is 1. The van der Waals surface area contributed by atoms with Crippen molar-refractivity contribution in [2.45, 2.75) is 32.5 Å². The number of alkyl halides is 3. The second-order valence-electron chi connectivity index (χ2n) is 6.50. The smallest absolute Gasteiger partial charge is 0.416 e. The maximum absolute atomic E-state index is 12.5. The Morgan fingerprint density at radius 3 is 2.24 bits per heavy atom. The largest absolute Gasteiger partial charge is 0.452 e. The van der Waals surface area contributed by atoms with E-state index in [1.807, 2.05) is 38.1 Å². The lowest BCUT2D eigenvalue weighted by Crippen LogP contribution is -2.32. The number of carbonyl (C=O) groups excluding carboxylic acids is 2. The zero-order valence-corrected chi connectivity index (χ0v) is 16.1. The molecule has 1 atom stereocenters. The third-order valence-electron chi connectivity index (χ3n) is 4.22. The van der Waals surface area contributed by atoms with E-state index < -0.39 is 30.2 Å². The van der Waals surface area contributed by atoms with Gasteiger partial charge in [-0.15, -0.1) is 0 Å². The lowest BCUT2D eigenvalue weighted by Gasteiger charge is -2.17. The van der Waals surface area contributed by atoms with Crippen molar-refractivity contribution in [1.82, 2.24) is 5.32 Å². The molecule has 0 aliphatic heterocycles. The highest BCUT2D eigenvalue weighted by Gasteiger charge is 2.29. The molecule has 0 saturated carbocycles. The molecule has 0 radical (unpaired) electrons. The molecule has 2 aromatic rings. The Labute approximate surface area is 167 Å². The molecular formula is C22H22F3NO3. The molecule has 154 valence electrons. The zero-order valence-electron chi connectivity index (χ0n) is 16.1. The number of esters is 1. The van der Waals surface area contributed by atoms with Crippen LogP contribution in [-0.2, 0) is 20.5 Å². The molecule has 1 N–H and O–H groups in total. The van der Waals surface area contributed by atoms with Gasteiger partial charge >= 0.3 is 12.1 Å². The lowest BCUT2D eigenvalue weighted by molar-refractivity contribution is -0.144. The van der Waals surface area contributed by atoms with Crippen LogP contribution in [0.3, 0.4) is 0 Å². The standard InChI is InChI=1S/C22H22F3NO3/c1-3-19(17-9-4-15(2)5-10-17)26-20(27)14-29-21(28)13-8-16-6-11-18(12-7-16)22(23,24)25/h4-13,19H,3,14H2,1-2H3,(H,26,27)/b13-8+/t19-/m1/s1. The fraction of sp³-hybridized carbons (Fsp3) is 0.273. The van der Waals surface area contributed by atoms with Crippen LogP contribution in [0.25, 0.3) is 6.08 Å². The summed E-state index contributed by atoms with van der Waals surface area (Å²) in [5.74, 6) is -1.20. The highest BCUT2D eigenvalue weighted by Crippen LogP contribution is 2.29. The number of nitrogens with one attached hydrogen (secondary N) is 1. The molecule has 1 amide bonds. The molecule has 2 aromatic carbocycles. The SMILES string of the molecule is CC[C@@H](NC(=O)COC(=O)/C=C/c1ccc(C(F)(F)F)cc1)c1ccc(C)cc1. The molecule has 7 heteroatoms. The second-order valence-corrected chi connectivity index (χ2v) is 6.50. The van der Waals surface area contributed by atoms with Crippen LogP contribution < -0.4 is 5.32 Å². The van der Waals surface area contributed by atoms with Crippen LogP contribution in [0.1, 0.15) is 41.6 Å². The molecule has 0 saturated heterocycles. The Morgan fingerprint density at radius 2 is 1.69 bits per heavy atom. The van der Waals surface area contributed by atoms with E-state index in [-0.39, 0.29) is 6.04 Å². The van der Waals surface area contributed by atoms with Gasteiger partial charge in [0.15, 0.2) is 6.61 Å². The minimum absolute atomic E-state index is 0.190. The number of benzene rings is 2. The fourth-order valence-corrected chi connectivity index (χ4v) is 2.59. The topological polar surface area (TPSA) is 55.4 Å². The summed E-state index contributed by atoms with van der Waals surface area (Å²) in [6.45, 7) is 3.46. The number of halogens is 3. The molecule has 2 rings (SSSR count). The first-order valence-corrected chi connectivity index (χ1v) is 9.07. The predicted molar refractivity (Wildman–Crippen MR) is 104 cm³/mol. The number of hydrogen-bond donors (Lipinski definition) is 1. The van der Waals surface area contributed by atoms with Crippen molar-refractivity contribution in [2.75, 3.05) is 6.61 Å². The van der Waals surface area contributed by atoms with Gasteiger partial charge in [-0.2, -0.15) is 13.2 Å². The van der Waals surface area contributed by atoms with E-state index >= 15 is 0 Å². The van der Waals surface area contributed by atoms with Crippen molar-refractivity contribution >= 4 is 18.0 Å². The van der Waals surface area contributed by atoms with Gasteiger partial charge in [0, 0.05) is 6.08 Å². The van der Waals surface area contributed by atoms with Crippen LogP contribution in [-0.4, -0.2) is 18.5 Å². The molecule has 0 aromatic heterocycles. The van der Waals surface area contributed by atoms with E-state index in [9.17, 15) is 22.8 Å². The molecular weight excluding hydrogens is 383 g/mol. The van der Waals surface area contributed by atoms with Crippen LogP contribution in [0.5, 0.6) is 0 Å². The van der Waals surface area contributed by atoms with E-state index in [0.717, 1.165) is 29.3 Å². The second kappa shape index (κ2) is 9.91. The molecule has 0 unspecified atom stereocenters. The van der Waals surface area contributed by atoms with Crippen LogP contribution in [0, 0.1) is 6.92 Å². The quantitative estimate of drug-likeness (QED) is 0.530. The van der Waals surface area contributed by atoms with Crippen LogP contribution in [0.2, 0.25) is 0 Å². The Balaban J connectivity index is 1.84. The predicted octanol–water partition coefficient (Wildman–Crippen LogP) is 4.84. The third-order valence-corrected chi connectivity index (χ3v) is 4.22. The van der Waals surface area contributed by atoms with Gasteiger partial charge in [-0.05, 0) is 42.7 Å². The molecule has 0 aliphatic carbocycles. The summed E-state index contributed by atoms with van der Waals surface area (Å²) >= 11 is 0. The fourth-order valence-electron chi connectivity index (χ4n) is 2.59.